The molecule has 3 rings (SSSR count). The van der Waals surface area contributed by atoms with Gasteiger partial charge in [-0.1, -0.05) is 47.7 Å². The van der Waals surface area contributed by atoms with Gasteiger partial charge in [0.05, 0.1) is 0 Å². The highest BCUT2D eigenvalue weighted by Gasteiger charge is 1.96. The number of benzene rings is 3. The predicted octanol–water partition coefficient (Wildman–Crippen LogP) is 4.72. The molecule has 0 radical (unpaired) electrons. The summed E-state index contributed by atoms with van der Waals surface area (Å²) in [5, 5.41) is 4.02. The Balaban J connectivity index is 1.40. The number of carbonyl (C=O) groups is 1. The minimum absolute atomic E-state index is 0.572. The van der Waals surface area contributed by atoms with Gasteiger partial charge in [-0.3, -0.25) is 4.79 Å². The van der Waals surface area contributed by atoms with E-state index in [0.29, 0.717) is 17.2 Å². The molecule has 0 aliphatic heterocycles. The molecule has 0 saturated heterocycles. The molecule has 1 N–H and O–H groups in total. The Hall–Kier alpha value is -3.06. The summed E-state index contributed by atoms with van der Waals surface area (Å²) < 4.78 is 5.74. The van der Waals surface area contributed by atoms with Crippen molar-refractivity contribution in [2.45, 2.75) is 6.54 Å². The quantitative estimate of drug-likeness (QED) is 0.361. The number of hydrogen-bond acceptors (Lipinski definition) is 3. The van der Waals surface area contributed by atoms with E-state index in [-0.39, 0.29) is 0 Å². The van der Waals surface area contributed by atoms with Crippen molar-refractivity contribution in [3.05, 3.63) is 100 Å². The number of carbonyl (C=O) groups excluding carboxylic acids is 1. The molecule has 0 amide bonds. The number of hydrogen-bond donors (Lipinski definition) is 1. The largest absolute Gasteiger partial charge is 0.492 e. The van der Waals surface area contributed by atoms with Gasteiger partial charge < -0.3 is 10.1 Å². The van der Waals surface area contributed by atoms with Crippen LogP contribution in [0.15, 0.2) is 72.8 Å². The summed E-state index contributed by atoms with van der Waals surface area (Å²) in [6.07, 6.45) is 0.847. The van der Waals surface area contributed by atoms with Gasteiger partial charge in [0.15, 0.2) is 0 Å². The van der Waals surface area contributed by atoms with E-state index >= 15 is 0 Å². The first-order chi connectivity index (χ1) is 13.7. The maximum absolute atomic E-state index is 10.6. The summed E-state index contributed by atoms with van der Waals surface area (Å²) in [5.74, 6) is 7.05. The summed E-state index contributed by atoms with van der Waals surface area (Å²) in [6, 6.07) is 22.7. The summed E-state index contributed by atoms with van der Waals surface area (Å²) in [7, 11) is 0. The predicted molar refractivity (Wildman–Crippen MR) is 113 cm³/mol. The normalized spacial score (nSPS) is 10.0. The van der Waals surface area contributed by atoms with Gasteiger partial charge >= 0.3 is 0 Å². The Morgan fingerprint density at radius 2 is 1.46 bits per heavy atom. The van der Waals surface area contributed by atoms with Crippen LogP contribution in [0.3, 0.4) is 0 Å². The average Bonchev–Trinajstić information content (AvgIpc) is 2.74. The van der Waals surface area contributed by atoms with E-state index in [1.165, 1.54) is 0 Å². The summed E-state index contributed by atoms with van der Waals surface area (Å²) >= 11 is 5.87. The maximum atomic E-state index is 10.6. The average molecular weight is 390 g/mol. The summed E-state index contributed by atoms with van der Waals surface area (Å²) in [5.41, 5.74) is 3.68. The van der Waals surface area contributed by atoms with E-state index in [2.05, 4.69) is 17.2 Å². The SMILES string of the molecule is O=Cc1ccc(CNCCOc2ccc(C#Cc3ccc(Cl)cc3)cc2)cc1. The first-order valence-electron chi connectivity index (χ1n) is 8.98. The molecule has 0 bridgehead atoms. The lowest BCUT2D eigenvalue weighted by Gasteiger charge is -2.08. The first kappa shape index (κ1) is 19.7. The van der Waals surface area contributed by atoms with Crippen molar-refractivity contribution in [3.63, 3.8) is 0 Å². The van der Waals surface area contributed by atoms with E-state index in [1.807, 2.05) is 72.8 Å². The van der Waals surface area contributed by atoms with Crippen LogP contribution in [0.4, 0.5) is 0 Å². The minimum Gasteiger partial charge on any atom is -0.492 e. The molecular weight excluding hydrogens is 370 g/mol. The molecule has 0 aliphatic carbocycles. The molecule has 3 nitrogen and oxygen atoms in total. The van der Waals surface area contributed by atoms with Gasteiger partial charge in [0.2, 0.25) is 0 Å². The molecule has 28 heavy (non-hydrogen) atoms. The van der Waals surface area contributed by atoms with Gasteiger partial charge in [0, 0.05) is 34.8 Å². The third-order valence-corrected chi connectivity index (χ3v) is 4.29. The molecule has 0 spiro atoms. The van der Waals surface area contributed by atoms with Crippen LogP contribution in [0, 0.1) is 11.8 Å². The zero-order valence-electron chi connectivity index (χ0n) is 15.3. The van der Waals surface area contributed by atoms with E-state index in [9.17, 15) is 4.79 Å². The van der Waals surface area contributed by atoms with Crippen molar-refractivity contribution in [2.24, 2.45) is 0 Å². The maximum Gasteiger partial charge on any atom is 0.150 e. The van der Waals surface area contributed by atoms with Crippen LogP contribution in [0.5, 0.6) is 5.75 Å². The molecule has 0 heterocycles. The second-order valence-electron chi connectivity index (χ2n) is 6.17. The Morgan fingerprint density at radius 3 is 2.07 bits per heavy atom. The Labute approximate surface area is 170 Å². The van der Waals surface area contributed by atoms with Crippen molar-refractivity contribution in [1.82, 2.24) is 5.32 Å². The van der Waals surface area contributed by atoms with Gasteiger partial charge in [-0.25, -0.2) is 0 Å². The zero-order chi connectivity index (χ0) is 19.6. The van der Waals surface area contributed by atoms with E-state index in [1.54, 1.807) is 0 Å². The summed E-state index contributed by atoms with van der Waals surface area (Å²) in [4.78, 5) is 10.6. The Kier molecular flexibility index (Phi) is 7.26. The van der Waals surface area contributed by atoms with Crippen LogP contribution in [-0.4, -0.2) is 19.4 Å². The number of halogens is 1. The van der Waals surface area contributed by atoms with Crippen LogP contribution in [0.2, 0.25) is 5.02 Å². The van der Waals surface area contributed by atoms with Crippen molar-refractivity contribution in [3.8, 4) is 17.6 Å². The second kappa shape index (κ2) is 10.3. The number of rotatable bonds is 7. The molecule has 0 aliphatic rings. The van der Waals surface area contributed by atoms with E-state index in [4.69, 9.17) is 16.3 Å². The first-order valence-corrected chi connectivity index (χ1v) is 9.36. The highest BCUT2D eigenvalue weighted by atomic mass is 35.5. The lowest BCUT2D eigenvalue weighted by atomic mass is 10.1. The van der Waals surface area contributed by atoms with E-state index in [0.717, 1.165) is 41.8 Å². The topological polar surface area (TPSA) is 38.3 Å². The van der Waals surface area contributed by atoms with Gasteiger partial charge in [-0.15, -0.1) is 0 Å². The molecule has 140 valence electrons. The fourth-order valence-electron chi connectivity index (χ4n) is 2.50. The molecule has 0 aromatic heterocycles. The van der Waals surface area contributed by atoms with Crippen molar-refractivity contribution in [2.75, 3.05) is 13.2 Å². The molecule has 3 aromatic rings. The van der Waals surface area contributed by atoms with E-state index < -0.39 is 0 Å². The highest BCUT2D eigenvalue weighted by Crippen LogP contribution is 2.12. The lowest BCUT2D eigenvalue weighted by molar-refractivity contribution is 0.112. The molecule has 4 heteroatoms. The lowest BCUT2D eigenvalue weighted by Crippen LogP contribution is -2.20. The van der Waals surface area contributed by atoms with Crippen molar-refractivity contribution in [1.29, 1.82) is 0 Å². The smallest absolute Gasteiger partial charge is 0.150 e. The van der Waals surface area contributed by atoms with Crippen LogP contribution in [0.1, 0.15) is 27.0 Å². The minimum atomic E-state index is 0.572. The standard InChI is InChI=1S/C24H20ClNO2/c25-23-11-7-19(8-12-23)1-2-20-9-13-24(14-10-20)28-16-15-26-17-21-3-5-22(18-27)6-4-21/h3-14,18,26H,15-17H2. The Morgan fingerprint density at radius 1 is 0.857 bits per heavy atom. The molecule has 3 aromatic carbocycles. The summed E-state index contributed by atoms with van der Waals surface area (Å²) in [6.45, 7) is 2.04. The van der Waals surface area contributed by atoms with Gasteiger partial charge in [-0.2, -0.15) is 0 Å². The van der Waals surface area contributed by atoms with Crippen LogP contribution in [0.25, 0.3) is 0 Å². The number of ether oxygens (including phenoxy) is 1. The number of nitrogens with one attached hydrogen (secondary N) is 1. The van der Waals surface area contributed by atoms with Gasteiger partial charge in [-0.05, 0) is 54.1 Å². The fraction of sp³-hybridized carbons (Fsp3) is 0.125. The third-order valence-electron chi connectivity index (χ3n) is 4.04. The van der Waals surface area contributed by atoms with Crippen LogP contribution < -0.4 is 10.1 Å². The molecule has 0 unspecified atom stereocenters. The third kappa shape index (κ3) is 6.28. The number of aldehydes is 1. The van der Waals surface area contributed by atoms with Gasteiger partial charge in [0.1, 0.15) is 18.6 Å². The van der Waals surface area contributed by atoms with Gasteiger partial charge in [0.25, 0.3) is 0 Å². The molecule has 0 fully saturated rings. The van der Waals surface area contributed by atoms with Crippen molar-refractivity contribution < 1.29 is 9.53 Å². The Bertz CT molecular complexity index is 953. The van der Waals surface area contributed by atoms with Crippen LogP contribution in [-0.2, 0) is 6.54 Å². The highest BCUT2D eigenvalue weighted by molar-refractivity contribution is 6.30. The molecule has 0 saturated carbocycles. The second-order valence-corrected chi connectivity index (χ2v) is 6.60. The van der Waals surface area contributed by atoms with Crippen LogP contribution >= 0.6 is 11.6 Å². The monoisotopic (exact) mass is 389 g/mol. The molecular formula is C24H20ClNO2. The van der Waals surface area contributed by atoms with Crippen molar-refractivity contribution >= 4 is 17.9 Å². The molecule has 0 atom stereocenters. The zero-order valence-corrected chi connectivity index (χ0v) is 16.1. The fourth-order valence-corrected chi connectivity index (χ4v) is 2.63.